The minimum atomic E-state index is -0.655. The number of amides is 1. The van der Waals surface area contributed by atoms with Gasteiger partial charge in [-0.2, -0.15) is 0 Å². The molecule has 1 aliphatic heterocycles. The molecule has 1 aliphatic rings. The number of nitrogens with two attached hydrogens (primary N) is 1. The molecule has 0 radical (unpaired) electrons. The van der Waals surface area contributed by atoms with E-state index < -0.39 is 6.10 Å². The molecule has 0 bridgehead atoms. The molecule has 1 atom stereocenters. The Kier molecular flexibility index (Phi) is 3.66. The molecule has 2 aromatic carbocycles. The number of hydrogen-bond acceptors (Lipinski definition) is 3. The fourth-order valence-electron chi connectivity index (χ4n) is 2.21. The molecule has 0 spiro atoms. The van der Waals surface area contributed by atoms with Gasteiger partial charge in [-0.15, -0.1) is 0 Å². The summed E-state index contributed by atoms with van der Waals surface area (Å²) in [5.41, 5.74) is 7.59. The lowest BCUT2D eigenvalue weighted by Gasteiger charge is -2.26. The predicted octanol–water partition coefficient (Wildman–Crippen LogP) is 3.52. The summed E-state index contributed by atoms with van der Waals surface area (Å²) in [6.07, 6.45) is -0.313. The van der Waals surface area contributed by atoms with Crippen molar-refractivity contribution in [3.63, 3.8) is 0 Å². The molecule has 2 aromatic rings. The van der Waals surface area contributed by atoms with Gasteiger partial charge in [-0.25, -0.2) is 0 Å². The zero-order valence-electron chi connectivity index (χ0n) is 10.9. The predicted molar refractivity (Wildman–Crippen MR) is 84.1 cm³/mol. The number of anilines is 2. The lowest BCUT2D eigenvalue weighted by molar-refractivity contribution is -0.123. The van der Waals surface area contributed by atoms with Crippen LogP contribution in [0.5, 0.6) is 5.75 Å². The summed E-state index contributed by atoms with van der Waals surface area (Å²) < 4.78 is 5.73. The van der Waals surface area contributed by atoms with E-state index in [1.165, 1.54) is 0 Å². The highest BCUT2D eigenvalue weighted by atomic mass is 35.5. The fourth-order valence-corrected chi connectivity index (χ4v) is 2.61. The second kappa shape index (κ2) is 5.47. The molecule has 0 saturated heterocycles. The van der Waals surface area contributed by atoms with Gasteiger partial charge < -0.3 is 15.8 Å². The Labute approximate surface area is 131 Å². The van der Waals surface area contributed by atoms with Crippen LogP contribution in [0.15, 0.2) is 36.4 Å². The highest BCUT2D eigenvalue weighted by Gasteiger charge is 2.28. The maximum atomic E-state index is 12.1. The molecule has 21 heavy (non-hydrogen) atoms. The van der Waals surface area contributed by atoms with E-state index in [4.69, 9.17) is 33.7 Å². The van der Waals surface area contributed by atoms with E-state index in [-0.39, 0.29) is 5.91 Å². The van der Waals surface area contributed by atoms with Crippen LogP contribution in [0.4, 0.5) is 11.4 Å². The molecule has 6 heteroatoms. The number of fused-ring (bicyclic) bond motifs is 1. The van der Waals surface area contributed by atoms with Gasteiger partial charge in [-0.3, -0.25) is 4.79 Å². The first-order valence-corrected chi connectivity index (χ1v) is 7.10. The SMILES string of the molecule is Nc1ccc2c(c1)NC(=O)C(Cc1cccc(Cl)c1Cl)O2. The lowest BCUT2D eigenvalue weighted by atomic mass is 10.1. The van der Waals surface area contributed by atoms with Crippen LogP contribution in [-0.4, -0.2) is 12.0 Å². The maximum Gasteiger partial charge on any atom is 0.265 e. The molecule has 0 aliphatic carbocycles. The molecule has 0 saturated carbocycles. The van der Waals surface area contributed by atoms with Gasteiger partial charge in [0, 0.05) is 12.1 Å². The van der Waals surface area contributed by atoms with Crippen LogP contribution in [-0.2, 0) is 11.2 Å². The molecule has 3 N–H and O–H groups in total. The third kappa shape index (κ3) is 2.77. The van der Waals surface area contributed by atoms with E-state index >= 15 is 0 Å². The van der Waals surface area contributed by atoms with Gasteiger partial charge in [-0.05, 0) is 29.8 Å². The molecule has 1 heterocycles. The first-order valence-electron chi connectivity index (χ1n) is 6.34. The fraction of sp³-hybridized carbons (Fsp3) is 0.133. The summed E-state index contributed by atoms with van der Waals surface area (Å²) in [7, 11) is 0. The van der Waals surface area contributed by atoms with Crippen molar-refractivity contribution in [2.24, 2.45) is 0 Å². The maximum absolute atomic E-state index is 12.1. The Balaban J connectivity index is 1.86. The molecule has 0 fully saturated rings. The topological polar surface area (TPSA) is 64.3 Å². The van der Waals surface area contributed by atoms with Crippen molar-refractivity contribution in [3.8, 4) is 5.75 Å². The largest absolute Gasteiger partial charge is 0.478 e. The van der Waals surface area contributed by atoms with Gasteiger partial charge in [0.15, 0.2) is 6.10 Å². The molecule has 1 amide bonds. The van der Waals surface area contributed by atoms with Crippen molar-refractivity contribution < 1.29 is 9.53 Å². The number of nitrogens with one attached hydrogen (secondary N) is 1. The lowest BCUT2D eigenvalue weighted by Crippen LogP contribution is -2.38. The van der Waals surface area contributed by atoms with Crippen molar-refractivity contribution in [2.75, 3.05) is 11.1 Å². The second-order valence-corrected chi connectivity index (χ2v) is 5.55. The average molecular weight is 323 g/mol. The second-order valence-electron chi connectivity index (χ2n) is 4.77. The van der Waals surface area contributed by atoms with E-state index in [1.54, 1.807) is 30.3 Å². The number of rotatable bonds is 2. The molecular formula is C15H12Cl2N2O2. The molecule has 4 nitrogen and oxygen atoms in total. The van der Waals surface area contributed by atoms with Crippen LogP contribution >= 0.6 is 23.2 Å². The van der Waals surface area contributed by atoms with Crippen LogP contribution in [0.25, 0.3) is 0 Å². The van der Waals surface area contributed by atoms with Gasteiger partial charge in [0.2, 0.25) is 0 Å². The zero-order chi connectivity index (χ0) is 15.0. The smallest absolute Gasteiger partial charge is 0.265 e. The number of carbonyl (C=O) groups is 1. The van der Waals surface area contributed by atoms with Crippen molar-refractivity contribution in [1.82, 2.24) is 0 Å². The third-order valence-corrected chi connectivity index (χ3v) is 4.12. The summed E-state index contributed by atoms with van der Waals surface area (Å²) in [6.45, 7) is 0. The highest BCUT2D eigenvalue weighted by Crippen LogP contribution is 2.33. The highest BCUT2D eigenvalue weighted by molar-refractivity contribution is 6.42. The number of halogens is 2. The summed E-state index contributed by atoms with van der Waals surface area (Å²) in [4.78, 5) is 12.1. The Hall–Kier alpha value is -1.91. The Morgan fingerprint density at radius 1 is 1.24 bits per heavy atom. The summed E-state index contributed by atoms with van der Waals surface area (Å²) in [6, 6.07) is 10.4. The molecule has 3 rings (SSSR count). The standard InChI is InChI=1S/C15H12Cl2N2O2/c16-10-3-1-2-8(14(10)17)6-13-15(20)19-11-7-9(18)4-5-12(11)21-13/h1-5,7,13H,6,18H2,(H,19,20). The Bertz CT molecular complexity index is 719. The van der Waals surface area contributed by atoms with E-state index in [1.807, 2.05) is 6.07 Å². The van der Waals surface area contributed by atoms with Crippen molar-refractivity contribution in [3.05, 3.63) is 52.0 Å². The minimum absolute atomic E-state index is 0.232. The van der Waals surface area contributed by atoms with E-state index in [9.17, 15) is 4.79 Å². The number of ether oxygens (including phenoxy) is 1. The van der Waals surface area contributed by atoms with Crippen molar-refractivity contribution >= 4 is 40.5 Å². The van der Waals surface area contributed by atoms with Gasteiger partial charge in [0.25, 0.3) is 5.91 Å². The first kappa shape index (κ1) is 14.0. The first-order chi connectivity index (χ1) is 10.0. The van der Waals surface area contributed by atoms with Crippen LogP contribution in [0, 0.1) is 0 Å². The molecule has 1 unspecified atom stereocenters. The molecule has 108 valence electrons. The quantitative estimate of drug-likeness (QED) is 0.831. The Morgan fingerprint density at radius 3 is 2.86 bits per heavy atom. The van der Waals surface area contributed by atoms with Gasteiger partial charge in [-0.1, -0.05) is 35.3 Å². The van der Waals surface area contributed by atoms with E-state index in [2.05, 4.69) is 5.32 Å². The van der Waals surface area contributed by atoms with Crippen LogP contribution < -0.4 is 15.8 Å². The van der Waals surface area contributed by atoms with E-state index in [0.29, 0.717) is 33.6 Å². The zero-order valence-corrected chi connectivity index (χ0v) is 12.4. The van der Waals surface area contributed by atoms with E-state index in [0.717, 1.165) is 5.56 Å². The molecular weight excluding hydrogens is 311 g/mol. The van der Waals surface area contributed by atoms with Gasteiger partial charge in [0.1, 0.15) is 5.75 Å². The third-order valence-electron chi connectivity index (χ3n) is 3.26. The number of nitrogen functional groups attached to an aromatic ring is 1. The number of hydrogen-bond donors (Lipinski definition) is 2. The summed E-state index contributed by atoms with van der Waals surface area (Å²) >= 11 is 12.1. The number of benzene rings is 2. The van der Waals surface area contributed by atoms with Crippen LogP contribution in [0.1, 0.15) is 5.56 Å². The van der Waals surface area contributed by atoms with Gasteiger partial charge >= 0.3 is 0 Å². The normalized spacial score (nSPS) is 16.9. The molecule has 0 aromatic heterocycles. The summed E-state index contributed by atoms with van der Waals surface area (Å²) in [5.74, 6) is 0.357. The number of carbonyl (C=O) groups excluding carboxylic acids is 1. The van der Waals surface area contributed by atoms with Crippen molar-refractivity contribution in [1.29, 1.82) is 0 Å². The minimum Gasteiger partial charge on any atom is -0.478 e. The van der Waals surface area contributed by atoms with Crippen LogP contribution in [0.2, 0.25) is 10.0 Å². The monoisotopic (exact) mass is 322 g/mol. The van der Waals surface area contributed by atoms with Crippen molar-refractivity contribution in [2.45, 2.75) is 12.5 Å². The van der Waals surface area contributed by atoms with Crippen LogP contribution in [0.3, 0.4) is 0 Å². The summed E-state index contributed by atoms with van der Waals surface area (Å²) in [5, 5.41) is 3.69. The van der Waals surface area contributed by atoms with Gasteiger partial charge in [0.05, 0.1) is 15.7 Å². The average Bonchev–Trinajstić information content (AvgIpc) is 2.45. The Morgan fingerprint density at radius 2 is 2.05 bits per heavy atom.